The third kappa shape index (κ3) is 8.32. The quantitative estimate of drug-likeness (QED) is 0.178. The highest BCUT2D eigenvalue weighted by molar-refractivity contribution is 8.26. The molecule has 0 spiro atoms. The van der Waals surface area contributed by atoms with E-state index in [1.807, 2.05) is 30.3 Å². The summed E-state index contributed by atoms with van der Waals surface area (Å²) in [5.74, 6) is 1.16. The topological polar surface area (TPSA) is 88.5 Å². The van der Waals surface area contributed by atoms with Crippen LogP contribution in [0.1, 0.15) is 34.3 Å². The first-order valence-electron chi connectivity index (χ1n) is 15.3. The molecule has 2 aliphatic heterocycles. The molecule has 45 heavy (non-hydrogen) atoms. The van der Waals surface area contributed by atoms with Crippen molar-refractivity contribution in [3.8, 4) is 22.6 Å². The number of hydrogen-bond acceptors (Lipinski definition) is 8. The van der Waals surface area contributed by atoms with Crippen molar-refractivity contribution in [2.45, 2.75) is 19.3 Å². The summed E-state index contributed by atoms with van der Waals surface area (Å²) in [6.45, 7) is 5.75. The molecule has 3 aromatic carbocycles. The van der Waals surface area contributed by atoms with Gasteiger partial charge in [0.25, 0.3) is 5.91 Å². The number of carboxylic acids is 1. The second-order valence-corrected chi connectivity index (χ2v) is 13.1. The number of amides is 1. The average molecular weight is 645 g/mol. The second kappa shape index (κ2) is 14.6. The van der Waals surface area contributed by atoms with Crippen LogP contribution >= 0.6 is 24.0 Å². The molecule has 2 saturated heterocycles. The number of rotatable bonds is 13. The summed E-state index contributed by atoms with van der Waals surface area (Å²) in [5.41, 5.74) is 4.04. The van der Waals surface area contributed by atoms with Crippen molar-refractivity contribution in [2.24, 2.45) is 5.92 Å². The maximum Gasteiger partial charge on any atom is 0.335 e. The number of thioether (sulfide) groups is 1. The fourth-order valence-electron chi connectivity index (χ4n) is 5.21. The summed E-state index contributed by atoms with van der Waals surface area (Å²) in [7, 11) is 0. The van der Waals surface area contributed by atoms with Gasteiger partial charge < -0.3 is 19.3 Å². The van der Waals surface area contributed by atoms with Gasteiger partial charge in [-0.1, -0.05) is 54.3 Å². The van der Waals surface area contributed by atoms with E-state index >= 15 is 0 Å². The number of nitrogens with zero attached hydrogens (tertiary/aromatic N) is 2. The Labute approximate surface area is 273 Å². The molecule has 0 unspecified atom stereocenters. The monoisotopic (exact) mass is 644 g/mol. The lowest BCUT2D eigenvalue weighted by molar-refractivity contribution is -0.122. The maximum absolute atomic E-state index is 13.5. The van der Waals surface area contributed by atoms with E-state index in [1.165, 1.54) is 24.6 Å². The lowest BCUT2D eigenvalue weighted by atomic mass is 10.0. The molecule has 0 bridgehead atoms. The number of hydrogen-bond donors (Lipinski definition) is 1. The number of carboxylic acid groups (broad SMARTS) is 1. The van der Waals surface area contributed by atoms with Crippen molar-refractivity contribution in [1.82, 2.24) is 9.80 Å². The average Bonchev–Trinajstić information content (AvgIpc) is 3.85. The van der Waals surface area contributed by atoms with Gasteiger partial charge in [0.2, 0.25) is 0 Å². The van der Waals surface area contributed by atoms with Crippen molar-refractivity contribution in [1.29, 1.82) is 0 Å². The highest BCUT2D eigenvalue weighted by Gasteiger charge is 2.32. The molecule has 3 aliphatic rings. The van der Waals surface area contributed by atoms with E-state index < -0.39 is 5.97 Å². The SMILES string of the molecule is O=C(O)c1ccc(CCN2C(=O)C(=Cc3cc(-c4ccc(OCC5CC5)cc4)ccc3OCCN3CCOCC3)SC2=S)cc1. The van der Waals surface area contributed by atoms with Crippen molar-refractivity contribution in [3.05, 3.63) is 88.3 Å². The van der Waals surface area contributed by atoms with Gasteiger partial charge >= 0.3 is 5.97 Å². The lowest BCUT2D eigenvalue weighted by Crippen LogP contribution is -2.38. The van der Waals surface area contributed by atoms with Crippen molar-refractivity contribution >= 4 is 46.3 Å². The summed E-state index contributed by atoms with van der Waals surface area (Å²) in [6.07, 6.45) is 4.94. The van der Waals surface area contributed by atoms with E-state index in [4.69, 9.17) is 31.5 Å². The van der Waals surface area contributed by atoms with Gasteiger partial charge in [-0.15, -0.1) is 0 Å². The van der Waals surface area contributed by atoms with E-state index in [0.717, 1.165) is 67.5 Å². The van der Waals surface area contributed by atoms with Crippen LogP contribution < -0.4 is 9.47 Å². The van der Waals surface area contributed by atoms with Crippen LogP contribution in [-0.2, 0) is 16.0 Å². The Balaban J connectivity index is 1.18. The Hall–Kier alpha value is -3.70. The minimum absolute atomic E-state index is 0.144. The summed E-state index contributed by atoms with van der Waals surface area (Å²) in [4.78, 5) is 29.2. The zero-order valence-corrected chi connectivity index (χ0v) is 26.6. The first kappa shape index (κ1) is 31.3. The normalized spacial score (nSPS) is 18.0. The zero-order valence-electron chi connectivity index (χ0n) is 25.0. The second-order valence-electron chi connectivity index (χ2n) is 11.4. The molecule has 3 fully saturated rings. The molecular weight excluding hydrogens is 609 g/mol. The molecule has 0 atom stereocenters. The van der Waals surface area contributed by atoms with Gasteiger partial charge in [-0.2, -0.15) is 0 Å². The van der Waals surface area contributed by atoms with Gasteiger partial charge in [0.05, 0.1) is 30.3 Å². The minimum Gasteiger partial charge on any atom is -0.493 e. The summed E-state index contributed by atoms with van der Waals surface area (Å²) in [6, 6.07) is 20.9. The molecule has 1 N–H and O–H groups in total. The fourth-order valence-corrected chi connectivity index (χ4v) is 6.51. The van der Waals surface area contributed by atoms with Crippen LogP contribution in [0.15, 0.2) is 71.6 Å². The minimum atomic E-state index is -0.966. The predicted octanol–water partition coefficient (Wildman–Crippen LogP) is 6.00. The molecule has 0 radical (unpaired) electrons. The van der Waals surface area contributed by atoms with E-state index in [1.54, 1.807) is 29.2 Å². The van der Waals surface area contributed by atoms with Crippen LogP contribution in [0.2, 0.25) is 0 Å². The Kier molecular flexibility index (Phi) is 10.1. The first-order chi connectivity index (χ1) is 21.9. The van der Waals surface area contributed by atoms with Gasteiger partial charge in [0.1, 0.15) is 22.4 Å². The molecule has 1 saturated carbocycles. The van der Waals surface area contributed by atoms with Crippen LogP contribution in [0.4, 0.5) is 0 Å². The zero-order chi connectivity index (χ0) is 31.2. The number of carbonyl (C=O) groups excluding carboxylic acids is 1. The number of morpholine rings is 1. The van der Waals surface area contributed by atoms with E-state index in [9.17, 15) is 9.59 Å². The molecule has 8 nitrogen and oxygen atoms in total. The number of aromatic carboxylic acids is 1. The Morgan fingerprint density at radius 1 is 0.978 bits per heavy atom. The van der Waals surface area contributed by atoms with Crippen LogP contribution in [-0.4, -0.2) is 83.7 Å². The molecule has 1 aliphatic carbocycles. The molecule has 3 aromatic rings. The van der Waals surface area contributed by atoms with E-state index in [-0.39, 0.29) is 11.5 Å². The Morgan fingerprint density at radius 2 is 1.71 bits per heavy atom. The molecule has 6 rings (SSSR count). The number of ether oxygens (including phenoxy) is 3. The highest BCUT2D eigenvalue weighted by atomic mass is 32.2. The maximum atomic E-state index is 13.5. The lowest BCUT2D eigenvalue weighted by Gasteiger charge is -2.26. The molecular formula is C35H36N2O6S2. The number of carbonyl (C=O) groups is 2. The van der Waals surface area contributed by atoms with Crippen molar-refractivity contribution in [3.63, 3.8) is 0 Å². The van der Waals surface area contributed by atoms with Gasteiger partial charge in [-0.3, -0.25) is 14.6 Å². The summed E-state index contributed by atoms with van der Waals surface area (Å²) < 4.78 is 18.2. The van der Waals surface area contributed by atoms with Crippen LogP contribution in [0.25, 0.3) is 17.2 Å². The standard InChI is InChI=1S/C35H36N2O6S2/c38-33-32(45-35(44)37(33)14-13-24-3-5-27(6-4-24)34(39)40)22-29-21-28(26-7-10-30(11-8-26)43-23-25-1-2-25)9-12-31(29)42-20-17-36-15-18-41-19-16-36/h3-12,21-22,25H,1-2,13-20,23H2,(H,39,40). The smallest absolute Gasteiger partial charge is 0.335 e. The Bertz CT molecular complexity index is 1560. The first-order valence-corrected chi connectivity index (χ1v) is 16.5. The third-order valence-electron chi connectivity index (χ3n) is 8.13. The number of benzene rings is 3. The van der Waals surface area contributed by atoms with Crippen LogP contribution in [0, 0.1) is 5.92 Å². The van der Waals surface area contributed by atoms with Gasteiger partial charge in [0, 0.05) is 31.7 Å². The molecule has 10 heteroatoms. The van der Waals surface area contributed by atoms with Gasteiger partial charge in [-0.05, 0) is 84.3 Å². The van der Waals surface area contributed by atoms with Crippen molar-refractivity contribution < 1.29 is 28.9 Å². The highest BCUT2D eigenvalue weighted by Crippen LogP contribution is 2.36. The van der Waals surface area contributed by atoms with Gasteiger partial charge in [-0.25, -0.2) is 4.79 Å². The molecule has 1 amide bonds. The third-order valence-corrected chi connectivity index (χ3v) is 9.51. The van der Waals surface area contributed by atoms with Crippen molar-refractivity contribution in [2.75, 3.05) is 52.6 Å². The fraction of sp³-hybridized carbons (Fsp3) is 0.343. The van der Waals surface area contributed by atoms with E-state index in [2.05, 4.69) is 23.1 Å². The largest absolute Gasteiger partial charge is 0.493 e. The van der Waals surface area contributed by atoms with Crippen LogP contribution in [0.5, 0.6) is 11.5 Å². The molecule has 2 heterocycles. The molecule has 0 aromatic heterocycles. The van der Waals surface area contributed by atoms with Gasteiger partial charge in [0.15, 0.2) is 0 Å². The summed E-state index contributed by atoms with van der Waals surface area (Å²) >= 11 is 6.89. The van der Waals surface area contributed by atoms with Crippen LogP contribution in [0.3, 0.4) is 0 Å². The number of thiocarbonyl (C=S) groups is 1. The predicted molar refractivity (Wildman–Crippen MR) is 180 cm³/mol. The Morgan fingerprint density at radius 3 is 2.42 bits per heavy atom. The van der Waals surface area contributed by atoms with E-state index in [0.29, 0.717) is 40.5 Å². The molecule has 234 valence electrons. The summed E-state index contributed by atoms with van der Waals surface area (Å²) in [5, 5.41) is 9.16.